The number of piperidine rings is 1. The molecule has 0 spiro atoms. The van der Waals surface area contributed by atoms with Crippen LogP contribution in [0.25, 0.3) is 0 Å². The van der Waals surface area contributed by atoms with Crippen LogP contribution in [0.2, 0.25) is 0 Å². The van der Waals surface area contributed by atoms with Crippen molar-refractivity contribution in [1.29, 1.82) is 0 Å². The molecule has 0 aromatic carbocycles. The first-order chi connectivity index (χ1) is 9.44. The highest BCUT2D eigenvalue weighted by atomic mass is 16.6. The molecule has 0 saturated carbocycles. The van der Waals surface area contributed by atoms with Crippen molar-refractivity contribution in [2.75, 3.05) is 32.7 Å². The summed E-state index contributed by atoms with van der Waals surface area (Å²) < 4.78 is 5.42. The first-order valence-electron chi connectivity index (χ1n) is 7.86. The van der Waals surface area contributed by atoms with Gasteiger partial charge < -0.3 is 20.3 Å². The third kappa shape index (κ3) is 4.94. The van der Waals surface area contributed by atoms with Gasteiger partial charge in [-0.3, -0.25) is 0 Å². The second kappa shape index (κ2) is 6.76. The predicted molar refractivity (Wildman–Crippen MR) is 79.8 cm³/mol. The van der Waals surface area contributed by atoms with E-state index in [1.165, 1.54) is 6.42 Å². The molecule has 2 N–H and O–H groups in total. The molecule has 0 radical (unpaired) electrons. The third-order valence-corrected chi connectivity index (χ3v) is 4.02. The van der Waals surface area contributed by atoms with Crippen molar-refractivity contribution in [1.82, 2.24) is 15.5 Å². The molecule has 2 fully saturated rings. The average molecular weight is 283 g/mol. The van der Waals surface area contributed by atoms with Gasteiger partial charge in [0.15, 0.2) is 0 Å². The number of rotatable bonds is 3. The molecular formula is C15H29N3O2. The highest BCUT2D eigenvalue weighted by Gasteiger charge is 2.27. The van der Waals surface area contributed by atoms with Gasteiger partial charge in [-0.05, 0) is 59.0 Å². The van der Waals surface area contributed by atoms with Gasteiger partial charge in [-0.25, -0.2) is 4.79 Å². The van der Waals surface area contributed by atoms with Crippen molar-refractivity contribution in [3.05, 3.63) is 0 Å². The Hall–Kier alpha value is -0.810. The van der Waals surface area contributed by atoms with Crippen LogP contribution in [0.1, 0.15) is 40.0 Å². The summed E-state index contributed by atoms with van der Waals surface area (Å²) in [4.78, 5) is 13.8. The molecule has 5 heteroatoms. The van der Waals surface area contributed by atoms with Crippen LogP contribution in [0.15, 0.2) is 0 Å². The van der Waals surface area contributed by atoms with Gasteiger partial charge in [-0.15, -0.1) is 0 Å². The molecule has 116 valence electrons. The summed E-state index contributed by atoms with van der Waals surface area (Å²) in [6.07, 6.45) is 3.22. The van der Waals surface area contributed by atoms with Crippen LogP contribution in [0, 0.1) is 5.92 Å². The van der Waals surface area contributed by atoms with E-state index in [9.17, 15) is 4.79 Å². The minimum atomic E-state index is -0.398. The van der Waals surface area contributed by atoms with E-state index >= 15 is 0 Å². The molecule has 2 heterocycles. The zero-order valence-corrected chi connectivity index (χ0v) is 13.1. The van der Waals surface area contributed by atoms with Crippen molar-refractivity contribution in [3.63, 3.8) is 0 Å². The Morgan fingerprint density at radius 1 is 1.30 bits per heavy atom. The van der Waals surface area contributed by atoms with Crippen LogP contribution in [0.5, 0.6) is 0 Å². The number of likely N-dealkylation sites (tertiary alicyclic amines) is 1. The van der Waals surface area contributed by atoms with Crippen LogP contribution in [-0.4, -0.2) is 55.4 Å². The minimum absolute atomic E-state index is 0.163. The minimum Gasteiger partial charge on any atom is -0.444 e. The largest absolute Gasteiger partial charge is 0.444 e. The number of carbonyl (C=O) groups excluding carboxylic acids is 1. The monoisotopic (exact) mass is 283 g/mol. The molecule has 20 heavy (non-hydrogen) atoms. The molecule has 2 aliphatic rings. The SMILES string of the molecule is CC(C)(C)OC(=O)N1CCC(CNC2CCNC2)CC1. The average Bonchev–Trinajstić information content (AvgIpc) is 2.88. The Labute approximate surface area is 122 Å². The second-order valence-electron chi connectivity index (χ2n) is 7.01. The van der Waals surface area contributed by atoms with Gasteiger partial charge in [-0.2, -0.15) is 0 Å². The summed E-state index contributed by atoms with van der Waals surface area (Å²) in [5.74, 6) is 0.689. The predicted octanol–water partition coefficient (Wildman–Crippen LogP) is 1.58. The number of nitrogens with zero attached hydrogens (tertiary/aromatic N) is 1. The van der Waals surface area contributed by atoms with Crippen molar-refractivity contribution in [3.8, 4) is 0 Å². The number of nitrogens with one attached hydrogen (secondary N) is 2. The normalized spacial score (nSPS) is 24.9. The summed E-state index contributed by atoms with van der Waals surface area (Å²) in [6.45, 7) is 10.7. The maximum Gasteiger partial charge on any atom is 0.410 e. The lowest BCUT2D eigenvalue weighted by Gasteiger charge is -2.33. The molecule has 2 saturated heterocycles. The van der Waals surface area contributed by atoms with Crippen LogP contribution in [-0.2, 0) is 4.74 Å². The fourth-order valence-corrected chi connectivity index (χ4v) is 2.81. The van der Waals surface area contributed by atoms with E-state index < -0.39 is 5.60 Å². The zero-order valence-electron chi connectivity index (χ0n) is 13.1. The van der Waals surface area contributed by atoms with Crippen molar-refractivity contribution in [2.45, 2.75) is 51.7 Å². The van der Waals surface area contributed by atoms with Crippen LogP contribution >= 0.6 is 0 Å². The standard InChI is InChI=1S/C15H29N3O2/c1-15(2,3)20-14(19)18-8-5-12(6-9-18)10-17-13-4-7-16-11-13/h12-13,16-17H,4-11H2,1-3H3. The Morgan fingerprint density at radius 3 is 2.55 bits per heavy atom. The van der Waals surface area contributed by atoms with Crippen molar-refractivity contribution >= 4 is 6.09 Å². The molecular weight excluding hydrogens is 254 g/mol. The molecule has 1 amide bonds. The van der Waals surface area contributed by atoms with E-state index in [1.54, 1.807) is 0 Å². The van der Waals surface area contributed by atoms with E-state index in [1.807, 2.05) is 25.7 Å². The Balaban J connectivity index is 1.65. The van der Waals surface area contributed by atoms with Gasteiger partial charge in [0.1, 0.15) is 5.60 Å². The summed E-state index contributed by atoms with van der Waals surface area (Å²) in [5.41, 5.74) is -0.398. The van der Waals surface area contributed by atoms with Crippen LogP contribution in [0.3, 0.4) is 0 Å². The van der Waals surface area contributed by atoms with Gasteiger partial charge in [0.2, 0.25) is 0 Å². The van der Waals surface area contributed by atoms with E-state index in [0.717, 1.165) is 45.6 Å². The lowest BCUT2D eigenvalue weighted by Crippen LogP contribution is -2.44. The quantitative estimate of drug-likeness (QED) is 0.826. The highest BCUT2D eigenvalue weighted by molar-refractivity contribution is 5.68. The second-order valence-corrected chi connectivity index (χ2v) is 7.01. The lowest BCUT2D eigenvalue weighted by atomic mass is 9.96. The third-order valence-electron chi connectivity index (χ3n) is 4.02. The van der Waals surface area contributed by atoms with E-state index in [2.05, 4.69) is 10.6 Å². The number of carbonyl (C=O) groups is 1. The Morgan fingerprint density at radius 2 is 2.00 bits per heavy atom. The fourth-order valence-electron chi connectivity index (χ4n) is 2.81. The summed E-state index contributed by atoms with van der Waals surface area (Å²) in [7, 11) is 0. The molecule has 1 atom stereocenters. The Kier molecular flexibility index (Phi) is 5.27. The van der Waals surface area contributed by atoms with E-state index in [0.29, 0.717) is 12.0 Å². The van der Waals surface area contributed by atoms with Gasteiger partial charge >= 0.3 is 6.09 Å². The van der Waals surface area contributed by atoms with Gasteiger partial charge in [0.05, 0.1) is 0 Å². The zero-order chi connectivity index (χ0) is 14.6. The topological polar surface area (TPSA) is 53.6 Å². The molecule has 0 aliphatic carbocycles. The number of hydrogen-bond acceptors (Lipinski definition) is 4. The summed E-state index contributed by atoms with van der Waals surface area (Å²) in [6, 6.07) is 0.638. The molecule has 0 aromatic rings. The van der Waals surface area contributed by atoms with Crippen LogP contribution < -0.4 is 10.6 Å². The molecule has 0 aromatic heterocycles. The summed E-state index contributed by atoms with van der Waals surface area (Å²) in [5, 5.41) is 7.01. The number of ether oxygens (including phenoxy) is 1. The Bertz CT molecular complexity index is 314. The number of hydrogen-bond donors (Lipinski definition) is 2. The maximum absolute atomic E-state index is 12.0. The fraction of sp³-hybridized carbons (Fsp3) is 0.933. The molecule has 2 aliphatic heterocycles. The molecule has 5 nitrogen and oxygen atoms in total. The molecule has 1 unspecified atom stereocenters. The first-order valence-corrected chi connectivity index (χ1v) is 7.86. The molecule has 0 bridgehead atoms. The van der Waals surface area contributed by atoms with E-state index in [-0.39, 0.29) is 6.09 Å². The van der Waals surface area contributed by atoms with Gasteiger partial charge in [-0.1, -0.05) is 0 Å². The highest BCUT2D eigenvalue weighted by Crippen LogP contribution is 2.19. The maximum atomic E-state index is 12.0. The lowest BCUT2D eigenvalue weighted by molar-refractivity contribution is 0.0183. The first kappa shape index (κ1) is 15.6. The number of amides is 1. The smallest absolute Gasteiger partial charge is 0.410 e. The van der Waals surface area contributed by atoms with Crippen molar-refractivity contribution < 1.29 is 9.53 Å². The van der Waals surface area contributed by atoms with Gasteiger partial charge in [0, 0.05) is 25.7 Å². The summed E-state index contributed by atoms with van der Waals surface area (Å²) >= 11 is 0. The van der Waals surface area contributed by atoms with Crippen LogP contribution in [0.4, 0.5) is 4.79 Å². The van der Waals surface area contributed by atoms with E-state index in [4.69, 9.17) is 4.74 Å². The van der Waals surface area contributed by atoms with Gasteiger partial charge in [0.25, 0.3) is 0 Å². The molecule has 2 rings (SSSR count). The van der Waals surface area contributed by atoms with Crippen molar-refractivity contribution in [2.24, 2.45) is 5.92 Å².